The van der Waals surface area contributed by atoms with Crippen molar-refractivity contribution in [1.82, 2.24) is 9.97 Å². The number of hydrogen-bond donors (Lipinski definition) is 2. The van der Waals surface area contributed by atoms with Gasteiger partial charge in [0.25, 0.3) is 0 Å². The lowest BCUT2D eigenvalue weighted by molar-refractivity contribution is 0.461. The minimum absolute atomic E-state index is 0.456. The summed E-state index contributed by atoms with van der Waals surface area (Å²) in [5.74, 6) is 6.99. The first-order valence-electron chi connectivity index (χ1n) is 5.22. The van der Waals surface area contributed by atoms with Crippen LogP contribution in [0.2, 0.25) is 0 Å². The summed E-state index contributed by atoms with van der Waals surface area (Å²) in [6.45, 7) is 4.04. The van der Waals surface area contributed by atoms with Crippen molar-refractivity contribution in [2.75, 3.05) is 5.43 Å². The van der Waals surface area contributed by atoms with Crippen molar-refractivity contribution >= 4 is 5.82 Å². The van der Waals surface area contributed by atoms with Gasteiger partial charge in [-0.05, 0) is 37.1 Å². The average Bonchev–Trinajstić information content (AvgIpc) is 2.28. The van der Waals surface area contributed by atoms with Crippen LogP contribution in [0.25, 0.3) is 0 Å². The van der Waals surface area contributed by atoms with E-state index in [0.717, 1.165) is 16.9 Å². The molecule has 2 aromatic rings. The van der Waals surface area contributed by atoms with Crippen molar-refractivity contribution in [2.24, 2.45) is 5.84 Å². The molecule has 0 atom stereocenters. The van der Waals surface area contributed by atoms with Gasteiger partial charge in [-0.1, -0.05) is 6.07 Å². The molecule has 0 saturated heterocycles. The number of hydrazine groups is 1. The number of benzene rings is 1. The number of nitrogens with zero attached hydrogens (tertiary/aromatic N) is 2. The zero-order valence-electron chi connectivity index (χ0n) is 9.77. The van der Waals surface area contributed by atoms with E-state index in [9.17, 15) is 0 Å². The van der Waals surface area contributed by atoms with Crippen LogP contribution in [0.3, 0.4) is 0 Å². The highest BCUT2D eigenvalue weighted by atomic mass is 16.5. The van der Waals surface area contributed by atoms with E-state index in [0.29, 0.717) is 11.7 Å². The molecule has 0 amide bonds. The molecule has 0 saturated carbocycles. The van der Waals surface area contributed by atoms with E-state index in [1.54, 1.807) is 6.07 Å². The van der Waals surface area contributed by atoms with Crippen molar-refractivity contribution in [3.63, 3.8) is 0 Å². The van der Waals surface area contributed by atoms with Gasteiger partial charge in [0, 0.05) is 6.07 Å². The fourth-order valence-corrected chi connectivity index (χ4v) is 1.59. The second-order valence-electron chi connectivity index (χ2n) is 3.81. The van der Waals surface area contributed by atoms with Gasteiger partial charge in [-0.3, -0.25) is 0 Å². The molecule has 1 aromatic heterocycles. The molecule has 0 spiro atoms. The molecule has 1 aromatic carbocycles. The first-order valence-corrected chi connectivity index (χ1v) is 5.22. The van der Waals surface area contributed by atoms with Crippen molar-refractivity contribution in [1.29, 1.82) is 0 Å². The van der Waals surface area contributed by atoms with Gasteiger partial charge in [0.05, 0.1) is 0 Å². The summed E-state index contributed by atoms with van der Waals surface area (Å²) >= 11 is 0. The highest BCUT2D eigenvalue weighted by Gasteiger charge is 2.02. The molecule has 3 N–H and O–H groups in total. The Balaban J connectivity index is 2.24. The minimum atomic E-state index is 0.456. The largest absolute Gasteiger partial charge is 0.439 e. The Kier molecular flexibility index (Phi) is 3.20. The number of aryl methyl sites for hydroxylation is 2. The molecule has 0 bridgehead atoms. The highest BCUT2D eigenvalue weighted by molar-refractivity contribution is 5.39. The minimum Gasteiger partial charge on any atom is -0.439 e. The first kappa shape index (κ1) is 11.3. The quantitative estimate of drug-likeness (QED) is 0.624. The van der Waals surface area contributed by atoms with Gasteiger partial charge >= 0.3 is 0 Å². The van der Waals surface area contributed by atoms with E-state index < -0.39 is 0 Å². The topological polar surface area (TPSA) is 73.1 Å². The van der Waals surface area contributed by atoms with Crippen LogP contribution in [-0.4, -0.2) is 9.97 Å². The van der Waals surface area contributed by atoms with Crippen molar-refractivity contribution < 1.29 is 4.74 Å². The van der Waals surface area contributed by atoms with Crippen LogP contribution in [0.1, 0.15) is 11.1 Å². The Labute approximate surface area is 99.6 Å². The molecule has 0 aliphatic rings. The maximum absolute atomic E-state index is 5.64. The SMILES string of the molecule is Cc1cc(C)cc(Oc2cc(NN)ncn2)c1. The molecule has 0 radical (unpaired) electrons. The van der Waals surface area contributed by atoms with Crippen molar-refractivity contribution in [2.45, 2.75) is 13.8 Å². The molecule has 88 valence electrons. The number of aromatic nitrogens is 2. The van der Waals surface area contributed by atoms with Crippen molar-refractivity contribution in [3.05, 3.63) is 41.7 Å². The lowest BCUT2D eigenvalue weighted by Crippen LogP contribution is -2.08. The summed E-state index contributed by atoms with van der Waals surface area (Å²) in [4.78, 5) is 7.92. The molecule has 0 aliphatic heterocycles. The first-order chi connectivity index (χ1) is 8.17. The molecule has 1 heterocycles. The number of ether oxygens (including phenoxy) is 1. The smallest absolute Gasteiger partial charge is 0.224 e. The third-order valence-corrected chi connectivity index (χ3v) is 2.21. The summed E-state index contributed by atoms with van der Waals surface area (Å²) in [6, 6.07) is 7.62. The zero-order chi connectivity index (χ0) is 12.3. The monoisotopic (exact) mass is 230 g/mol. The fraction of sp³-hybridized carbons (Fsp3) is 0.167. The number of anilines is 1. The number of nitrogens with two attached hydrogens (primary N) is 1. The second kappa shape index (κ2) is 4.80. The molecular weight excluding hydrogens is 216 g/mol. The maximum Gasteiger partial charge on any atom is 0.224 e. The molecule has 5 heteroatoms. The predicted molar refractivity (Wildman–Crippen MR) is 65.8 cm³/mol. The number of hydrogen-bond acceptors (Lipinski definition) is 5. The van der Waals surface area contributed by atoms with Crippen LogP contribution in [0.4, 0.5) is 5.82 Å². The Morgan fingerprint density at radius 1 is 1.06 bits per heavy atom. The third-order valence-electron chi connectivity index (χ3n) is 2.21. The highest BCUT2D eigenvalue weighted by Crippen LogP contribution is 2.22. The van der Waals surface area contributed by atoms with Crippen molar-refractivity contribution in [3.8, 4) is 11.6 Å². The van der Waals surface area contributed by atoms with Crippen LogP contribution in [0.5, 0.6) is 11.6 Å². The summed E-state index contributed by atoms with van der Waals surface area (Å²) in [5.41, 5.74) is 4.73. The summed E-state index contributed by atoms with van der Waals surface area (Å²) < 4.78 is 5.64. The Morgan fingerprint density at radius 3 is 2.41 bits per heavy atom. The number of rotatable bonds is 3. The lowest BCUT2D eigenvalue weighted by atomic mass is 10.1. The Morgan fingerprint density at radius 2 is 1.76 bits per heavy atom. The van der Waals surface area contributed by atoms with Gasteiger partial charge in [0.2, 0.25) is 5.88 Å². The van der Waals surface area contributed by atoms with E-state index in [4.69, 9.17) is 10.6 Å². The summed E-state index contributed by atoms with van der Waals surface area (Å²) in [5, 5.41) is 0. The predicted octanol–water partition coefficient (Wildman–Crippen LogP) is 2.17. The maximum atomic E-state index is 5.64. The van der Waals surface area contributed by atoms with E-state index in [1.807, 2.05) is 26.0 Å². The zero-order valence-corrected chi connectivity index (χ0v) is 9.77. The van der Waals surface area contributed by atoms with Gasteiger partial charge in [0.1, 0.15) is 17.9 Å². The van der Waals surface area contributed by atoms with E-state index in [1.165, 1.54) is 6.33 Å². The molecule has 0 fully saturated rings. The molecule has 5 nitrogen and oxygen atoms in total. The van der Waals surface area contributed by atoms with E-state index >= 15 is 0 Å². The molecule has 2 rings (SSSR count). The third kappa shape index (κ3) is 2.92. The normalized spacial score (nSPS) is 10.1. The standard InChI is InChI=1S/C12H14N4O/c1-8-3-9(2)5-10(4-8)17-12-6-11(16-13)14-7-15-12/h3-7H,13H2,1-2H3,(H,14,15,16). The fourth-order valence-electron chi connectivity index (χ4n) is 1.59. The molecule has 17 heavy (non-hydrogen) atoms. The lowest BCUT2D eigenvalue weighted by Gasteiger charge is -2.07. The molecule has 0 unspecified atom stereocenters. The average molecular weight is 230 g/mol. The number of nitrogens with one attached hydrogen (secondary N) is 1. The number of nitrogen functional groups attached to an aromatic ring is 1. The van der Waals surface area contributed by atoms with Gasteiger partial charge in [-0.2, -0.15) is 0 Å². The van der Waals surface area contributed by atoms with Crippen LogP contribution < -0.4 is 16.0 Å². The second-order valence-corrected chi connectivity index (χ2v) is 3.81. The summed E-state index contributed by atoms with van der Waals surface area (Å²) in [7, 11) is 0. The van der Waals surface area contributed by atoms with Gasteiger partial charge in [0.15, 0.2) is 0 Å². The van der Waals surface area contributed by atoms with Crippen LogP contribution in [-0.2, 0) is 0 Å². The van der Waals surface area contributed by atoms with Crippen LogP contribution >= 0.6 is 0 Å². The Bertz CT molecular complexity index is 507. The Hall–Kier alpha value is -2.14. The van der Waals surface area contributed by atoms with E-state index in [2.05, 4.69) is 21.5 Å². The van der Waals surface area contributed by atoms with Crippen LogP contribution in [0.15, 0.2) is 30.6 Å². The van der Waals surface area contributed by atoms with Gasteiger partial charge in [-0.15, -0.1) is 0 Å². The molecule has 0 aliphatic carbocycles. The molecular formula is C12H14N4O. The van der Waals surface area contributed by atoms with E-state index in [-0.39, 0.29) is 0 Å². The van der Waals surface area contributed by atoms with Gasteiger partial charge in [-0.25, -0.2) is 15.8 Å². The van der Waals surface area contributed by atoms with Crippen LogP contribution in [0, 0.1) is 13.8 Å². The summed E-state index contributed by atoms with van der Waals surface area (Å²) in [6.07, 6.45) is 1.40. The van der Waals surface area contributed by atoms with Gasteiger partial charge < -0.3 is 10.2 Å².